The maximum atomic E-state index is 13.0. The van der Waals surface area contributed by atoms with Crippen molar-refractivity contribution in [3.8, 4) is 0 Å². The van der Waals surface area contributed by atoms with Crippen molar-refractivity contribution in [2.24, 2.45) is 0 Å². The number of carbonyl (C=O) groups is 2. The van der Waals surface area contributed by atoms with Crippen molar-refractivity contribution in [2.45, 2.75) is 13.3 Å². The van der Waals surface area contributed by atoms with E-state index in [0.717, 1.165) is 6.07 Å². The highest BCUT2D eigenvalue weighted by atomic mass is 32.2. The Labute approximate surface area is 109 Å². The number of hydrogen-bond donors (Lipinski definition) is 1. The molecule has 0 amide bonds. The molecule has 1 aromatic carbocycles. The fourth-order valence-electron chi connectivity index (χ4n) is 1.35. The van der Waals surface area contributed by atoms with E-state index < -0.39 is 11.8 Å². The summed E-state index contributed by atoms with van der Waals surface area (Å²) >= 11 is 1.20. The largest absolute Gasteiger partial charge is 0.478 e. The van der Waals surface area contributed by atoms with Gasteiger partial charge in [-0.05, 0) is 30.2 Å². The fourth-order valence-corrected chi connectivity index (χ4v) is 1.89. The summed E-state index contributed by atoms with van der Waals surface area (Å²) < 4.78 is 13.0. The first-order valence-electron chi connectivity index (χ1n) is 5.33. The van der Waals surface area contributed by atoms with Crippen LogP contribution in [0.2, 0.25) is 0 Å². The number of carboxylic acid groups (broad SMARTS) is 1. The molecule has 0 spiro atoms. The lowest BCUT2D eigenvalue weighted by Gasteiger charge is -2.01. The van der Waals surface area contributed by atoms with Gasteiger partial charge in [-0.1, -0.05) is 23.9 Å². The molecule has 18 heavy (non-hydrogen) atoms. The van der Waals surface area contributed by atoms with Gasteiger partial charge >= 0.3 is 5.97 Å². The molecule has 0 saturated heterocycles. The van der Waals surface area contributed by atoms with Crippen LogP contribution in [-0.4, -0.2) is 21.9 Å². The molecule has 0 radical (unpaired) electrons. The van der Waals surface area contributed by atoms with Crippen LogP contribution in [0.15, 0.2) is 24.3 Å². The summed E-state index contributed by atoms with van der Waals surface area (Å²) in [4.78, 5) is 21.6. The van der Waals surface area contributed by atoms with Crippen molar-refractivity contribution >= 4 is 28.9 Å². The monoisotopic (exact) mass is 268 g/mol. The Hall–Kier alpha value is -1.62. The first kappa shape index (κ1) is 14.4. The second-order valence-electron chi connectivity index (χ2n) is 3.57. The van der Waals surface area contributed by atoms with Crippen molar-refractivity contribution < 1.29 is 19.1 Å². The number of carboxylic acids is 1. The molecule has 0 aliphatic rings. The maximum absolute atomic E-state index is 13.0. The molecule has 1 N–H and O–H groups in total. The zero-order valence-corrected chi connectivity index (χ0v) is 10.7. The molecule has 3 nitrogen and oxygen atoms in total. The second kappa shape index (κ2) is 6.96. The summed E-state index contributed by atoms with van der Waals surface area (Å²) in [7, 11) is 0. The van der Waals surface area contributed by atoms with E-state index >= 15 is 0 Å². The fraction of sp³-hybridized carbons (Fsp3) is 0.231. The van der Waals surface area contributed by atoms with Crippen LogP contribution in [0.4, 0.5) is 4.39 Å². The summed E-state index contributed by atoms with van der Waals surface area (Å²) in [5.41, 5.74) is 0.391. The number of carbonyl (C=O) groups excluding carboxylic acids is 1. The molecule has 1 rings (SSSR count). The number of thioether (sulfide) groups is 1. The first-order valence-corrected chi connectivity index (χ1v) is 6.32. The minimum absolute atomic E-state index is 0.0420. The van der Waals surface area contributed by atoms with Crippen LogP contribution in [0.5, 0.6) is 0 Å². The molecule has 0 aromatic heterocycles. The normalized spacial score (nSPS) is 10.8. The van der Waals surface area contributed by atoms with Gasteiger partial charge < -0.3 is 5.11 Å². The van der Waals surface area contributed by atoms with Crippen LogP contribution in [0.1, 0.15) is 29.3 Å². The van der Waals surface area contributed by atoms with Gasteiger partial charge in [-0.25, -0.2) is 9.18 Å². The quantitative estimate of drug-likeness (QED) is 0.833. The van der Waals surface area contributed by atoms with Crippen LogP contribution < -0.4 is 0 Å². The smallest absolute Gasteiger partial charge is 0.336 e. The standard InChI is InChI=1S/C13H13FO3S/c1-9(15)18-7-3-2-4-10-8-11(14)5-6-12(10)13(16)17/h2,4-6,8H,3,7H2,1H3,(H,16,17). The Kier molecular flexibility index (Phi) is 5.58. The van der Waals surface area contributed by atoms with Gasteiger partial charge in [0, 0.05) is 12.7 Å². The van der Waals surface area contributed by atoms with Gasteiger partial charge in [0.2, 0.25) is 0 Å². The number of rotatable bonds is 5. The lowest BCUT2D eigenvalue weighted by molar-refractivity contribution is -0.109. The van der Waals surface area contributed by atoms with E-state index in [-0.39, 0.29) is 10.7 Å². The minimum atomic E-state index is -1.09. The number of allylic oxidation sites excluding steroid dienone is 1. The molecule has 0 atom stereocenters. The third-order valence-corrected chi connectivity index (χ3v) is 2.98. The number of aromatic carboxylic acids is 1. The van der Waals surface area contributed by atoms with Crippen molar-refractivity contribution in [1.82, 2.24) is 0 Å². The van der Waals surface area contributed by atoms with Crippen LogP contribution in [0, 0.1) is 5.82 Å². The summed E-state index contributed by atoms with van der Waals surface area (Å²) in [6.45, 7) is 1.49. The highest BCUT2D eigenvalue weighted by Gasteiger charge is 2.08. The van der Waals surface area contributed by atoms with Gasteiger partial charge in [0.05, 0.1) is 5.56 Å². The lowest BCUT2D eigenvalue weighted by Crippen LogP contribution is -1.99. The third-order valence-electron chi connectivity index (χ3n) is 2.13. The second-order valence-corrected chi connectivity index (χ2v) is 4.84. The molecule has 0 saturated carbocycles. The summed E-state index contributed by atoms with van der Waals surface area (Å²) in [5, 5.41) is 8.97. The zero-order chi connectivity index (χ0) is 13.5. The van der Waals surface area contributed by atoms with E-state index in [1.807, 2.05) is 0 Å². The number of benzene rings is 1. The Morgan fingerprint density at radius 3 is 2.78 bits per heavy atom. The maximum Gasteiger partial charge on any atom is 0.336 e. The molecule has 0 heterocycles. The van der Waals surface area contributed by atoms with Gasteiger partial charge in [0.25, 0.3) is 0 Å². The van der Waals surface area contributed by atoms with Crippen molar-refractivity contribution in [3.63, 3.8) is 0 Å². The van der Waals surface area contributed by atoms with E-state index in [1.165, 1.54) is 30.8 Å². The van der Waals surface area contributed by atoms with Gasteiger partial charge in [-0.3, -0.25) is 4.79 Å². The Morgan fingerprint density at radius 1 is 1.44 bits per heavy atom. The molecule has 0 unspecified atom stereocenters. The molecule has 5 heteroatoms. The van der Waals surface area contributed by atoms with E-state index in [0.29, 0.717) is 17.7 Å². The van der Waals surface area contributed by atoms with Gasteiger partial charge in [-0.15, -0.1) is 0 Å². The molecule has 1 aromatic rings. The van der Waals surface area contributed by atoms with Gasteiger partial charge in [0.15, 0.2) is 5.12 Å². The van der Waals surface area contributed by atoms with E-state index in [1.54, 1.807) is 12.2 Å². The number of hydrogen-bond acceptors (Lipinski definition) is 3. The Bertz CT molecular complexity index is 483. The Morgan fingerprint density at radius 2 is 2.17 bits per heavy atom. The van der Waals surface area contributed by atoms with Crippen LogP contribution in [0.3, 0.4) is 0 Å². The van der Waals surface area contributed by atoms with E-state index in [2.05, 4.69) is 0 Å². The first-order chi connectivity index (χ1) is 8.50. The SMILES string of the molecule is CC(=O)SCCC=Cc1cc(F)ccc1C(=O)O. The molecule has 0 aliphatic carbocycles. The van der Waals surface area contributed by atoms with Crippen molar-refractivity contribution in [2.75, 3.05) is 5.75 Å². The average Bonchev–Trinajstić information content (AvgIpc) is 2.27. The zero-order valence-electron chi connectivity index (χ0n) is 9.85. The number of halogens is 1. The lowest BCUT2D eigenvalue weighted by atomic mass is 10.1. The van der Waals surface area contributed by atoms with E-state index in [9.17, 15) is 14.0 Å². The molecular weight excluding hydrogens is 255 g/mol. The van der Waals surface area contributed by atoms with Gasteiger partial charge in [0.1, 0.15) is 5.82 Å². The highest BCUT2D eigenvalue weighted by Crippen LogP contribution is 2.14. The average molecular weight is 268 g/mol. The molecule has 0 aliphatic heterocycles. The van der Waals surface area contributed by atoms with Crippen LogP contribution >= 0.6 is 11.8 Å². The van der Waals surface area contributed by atoms with Crippen LogP contribution in [-0.2, 0) is 4.79 Å². The molecular formula is C13H13FO3S. The summed E-state index contributed by atoms with van der Waals surface area (Å²) in [6.07, 6.45) is 3.92. The predicted molar refractivity (Wildman–Crippen MR) is 70.1 cm³/mol. The van der Waals surface area contributed by atoms with Gasteiger partial charge in [-0.2, -0.15) is 0 Å². The molecule has 96 valence electrons. The van der Waals surface area contributed by atoms with Crippen LogP contribution in [0.25, 0.3) is 6.08 Å². The van der Waals surface area contributed by atoms with Crippen molar-refractivity contribution in [1.29, 1.82) is 0 Å². The van der Waals surface area contributed by atoms with Crippen molar-refractivity contribution in [3.05, 3.63) is 41.2 Å². The predicted octanol–water partition coefficient (Wildman–Crippen LogP) is 3.21. The summed E-state index contributed by atoms with van der Waals surface area (Å²) in [5.74, 6) is -0.936. The summed E-state index contributed by atoms with van der Waals surface area (Å²) in [6, 6.07) is 3.53. The Balaban J connectivity index is 2.70. The van der Waals surface area contributed by atoms with E-state index in [4.69, 9.17) is 5.11 Å². The molecule has 0 bridgehead atoms. The third kappa shape index (κ3) is 4.71. The topological polar surface area (TPSA) is 54.4 Å². The highest BCUT2D eigenvalue weighted by molar-refractivity contribution is 8.13. The molecule has 0 fully saturated rings. The minimum Gasteiger partial charge on any atom is -0.478 e.